The van der Waals surface area contributed by atoms with Gasteiger partial charge in [0.15, 0.2) is 5.16 Å². The molecular weight excluding hydrogens is 260 g/mol. The van der Waals surface area contributed by atoms with Gasteiger partial charge in [-0.15, -0.1) is 10.2 Å². The molecule has 0 aliphatic rings. The van der Waals surface area contributed by atoms with Crippen molar-refractivity contribution in [3.8, 4) is 11.8 Å². The molecule has 0 saturated carbocycles. The molecule has 0 N–H and O–H groups in total. The monoisotopic (exact) mass is 274 g/mol. The molecule has 0 bridgehead atoms. The Kier molecular flexibility index (Phi) is 4.42. The summed E-state index contributed by atoms with van der Waals surface area (Å²) in [6.45, 7) is 2.44. The third-order valence-electron chi connectivity index (χ3n) is 2.63. The van der Waals surface area contributed by atoms with Crippen molar-refractivity contribution >= 4 is 11.8 Å². The van der Waals surface area contributed by atoms with Crippen LogP contribution >= 0.6 is 11.8 Å². The summed E-state index contributed by atoms with van der Waals surface area (Å²) in [5, 5.41) is 17.9. The molecule has 0 saturated heterocycles. The quantitative estimate of drug-likeness (QED) is 0.617. The van der Waals surface area contributed by atoms with Crippen molar-refractivity contribution in [2.45, 2.75) is 12.1 Å². The van der Waals surface area contributed by atoms with Gasteiger partial charge in [-0.05, 0) is 19.1 Å². The number of rotatable bonds is 5. The average molecular weight is 274 g/mol. The molecule has 2 aromatic rings. The Balaban J connectivity index is 1.84. The molecule has 6 heteroatoms. The van der Waals surface area contributed by atoms with Gasteiger partial charge < -0.3 is 9.30 Å². The molecule has 5 nitrogen and oxygen atoms in total. The fourth-order valence-corrected chi connectivity index (χ4v) is 2.26. The van der Waals surface area contributed by atoms with Crippen LogP contribution in [0.2, 0.25) is 0 Å². The number of aromatic nitrogens is 3. The first kappa shape index (κ1) is 13.4. The zero-order valence-corrected chi connectivity index (χ0v) is 11.6. The fourth-order valence-electron chi connectivity index (χ4n) is 1.48. The molecule has 0 fully saturated rings. The smallest absolute Gasteiger partial charge is 0.191 e. The minimum Gasteiger partial charge on any atom is -0.491 e. The molecule has 0 aliphatic carbocycles. The number of nitriles is 1. The van der Waals surface area contributed by atoms with Gasteiger partial charge in [0.05, 0.1) is 12.2 Å². The molecule has 98 valence electrons. The molecule has 0 aliphatic heterocycles. The highest BCUT2D eigenvalue weighted by Crippen LogP contribution is 2.18. The van der Waals surface area contributed by atoms with E-state index in [0.29, 0.717) is 17.9 Å². The van der Waals surface area contributed by atoms with E-state index in [1.807, 2.05) is 30.7 Å². The Hall–Kier alpha value is -2.00. The normalized spacial score (nSPS) is 10.2. The Labute approximate surface area is 116 Å². The van der Waals surface area contributed by atoms with Crippen LogP contribution in [0.15, 0.2) is 29.4 Å². The van der Waals surface area contributed by atoms with Gasteiger partial charge in [-0.1, -0.05) is 23.9 Å². The van der Waals surface area contributed by atoms with E-state index in [9.17, 15) is 0 Å². The first-order chi connectivity index (χ1) is 9.22. The van der Waals surface area contributed by atoms with E-state index in [-0.39, 0.29) is 0 Å². The van der Waals surface area contributed by atoms with Gasteiger partial charge in [0, 0.05) is 12.8 Å². The SMILES string of the molecule is Cc1nnc(SCCOc2ccccc2C#N)n1C. The maximum Gasteiger partial charge on any atom is 0.191 e. The molecule has 0 spiro atoms. The molecule has 1 heterocycles. The third kappa shape index (κ3) is 3.26. The van der Waals surface area contributed by atoms with Crippen molar-refractivity contribution in [3.63, 3.8) is 0 Å². The van der Waals surface area contributed by atoms with Crippen molar-refractivity contribution in [2.75, 3.05) is 12.4 Å². The zero-order chi connectivity index (χ0) is 13.7. The van der Waals surface area contributed by atoms with E-state index in [1.54, 1.807) is 23.9 Å². The summed E-state index contributed by atoms with van der Waals surface area (Å²) in [7, 11) is 1.93. The molecule has 0 atom stereocenters. The lowest BCUT2D eigenvalue weighted by Gasteiger charge is -2.07. The van der Waals surface area contributed by atoms with Crippen molar-refractivity contribution in [2.24, 2.45) is 7.05 Å². The summed E-state index contributed by atoms with van der Waals surface area (Å²) in [6.07, 6.45) is 0. The third-order valence-corrected chi connectivity index (χ3v) is 3.62. The second-order valence-corrected chi connectivity index (χ2v) is 4.96. The van der Waals surface area contributed by atoms with E-state index in [4.69, 9.17) is 10.00 Å². The number of hydrogen-bond acceptors (Lipinski definition) is 5. The van der Waals surface area contributed by atoms with Crippen LogP contribution in [0.3, 0.4) is 0 Å². The number of thioether (sulfide) groups is 1. The Bertz CT molecular complexity index is 603. The van der Waals surface area contributed by atoms with Crippen molar-refractivity contribution in [3.05, 3.63) is 35.7 Å². The number of hydrogen-bond donors (Lipinski definition) is 0. The maximum atomic E-state index is 8.94. The molecule has 1 aromatic heterocycles. The lowest BCUT2D eigenvalue weighted by Crippen LogP contribution is -2.03. The minimum absolute atomic E-state index is 0.523. The van der Waals surface area contributed by atoms with Crippen molar-refractivity contribution in [1.29, 1.82) is 5.26 Å². The molecule has 19 heavy (non-hydrogen) atoms. The standard InChI is InChI=1S/C13H14N4OS/c1-10-15-16-13(17(10)2)19-8-7-18-12-6-4-3-5-11(12)9-14/h3-6H,7-8H2,1-2H3. The van der Waals surface area contributed by atoms with E-state index >= 15 is 0 Å². The summed E-state index contributed by atoms with van der Waals surface area (Å²) < 4.78 is 7.53. The topological polar surface area (TPSA) is 63.7 Å². The van der Waals surface area contributed by atoms with Gasteiger partial charge in [0.25, 0.3) is 0 Å². The summed E-state index contributed by atoms with van der Waals surface area (Å²) >= 11 is 1.58. The summed E-state index contributed by atoms with van der Waals surface area (Å²) in [5.74, 6) is 2.27. The molecule has 0 radical (unpaired) electrons. The first-order valence-electron chi connectivity index (χ1n) is 5.83. The average Bonchev–Trinajstić information content (AvgIpc) is 2.76. The van der Waals surface area contributed by atoms with Crippen LogP contribution in [0, 0.1) is 18.3 Å². The van der Waals surface area contributed by atoms with Gasteiger partial charge in [-0.2, -0.15) is 5.26 Å². The minimum atomic E-state index is 0.523. The van der Waals surface area contributed by atoms with Crippen LogP contribution in [0.25, 0.3) is 0 Å². The summed E-state index contributed by atoms with van der Waals surface area (Å²) in [5.41, 5.74) is 0.557. The number of benzene rings is 1. The first-order valence-corrected chi connectivity index (χ1v) is 6.81. The van der Waals surface area contributed by atoms with Gasteiger partial charge in [-0.25, -0.2) is 0 Å². The predicted octanol–water partition coefficient (Wildman–Crippen LogP) is 2.17. The van der Waals surface area contributed by atoms with E-state index in [1.165, 1.54) is 0 Å². The number of para-hydroxylation sites is 1. The van der Waals surface area contributed by atoms with Gasteiger partial charge in [-0.3, -0.25) is 0 Å². The molecule has 0 unspecified atom stereocenters. The van der Waals surface area contributed by atoms with Crippen LogP contribution in [0.1, 0.15) is 11.4 Å². The fraction of sp³-hybridized carbons (Fsp3) is 0.308. The van der Waals surface area contributed by atoms with Crippen molar-refractivity contribution in [1.82, 2.24) is 14.8 Å². The molecular formula is C13H14N4OS. The van der Waals surface area contributed by atoms with E-state index < -0.39 is 0 Å². The highest BCUT2D eigenvalue weighted by Gasteiger charge is 2.06. The van der Waals surface area contributed by atoms with Crippen molar-refractivity contribution < 1.29 is 4.74 Å². The molecule has 1 aromatic carbocycles. The highest BCUT2D eigenvalue weighted by atomic mass is 32.2. The predicted molar refractivity (Wildman–Crippen MR) is 73.1 cm³/mol. The highest BCUT2D eigenvalue weighted by molar-refractivity contribution is 7.99. The van der Waals surface area contributed by atoms with Crippen LogP contribution in [0.4, 0.5) is 0 Å². The largest absolute Gasteiger partial charge is 0.491 e. The number of nitrogens with zero attached hydrogens (tertiary/aromatic N) is 4. The molecule has 0 amide bonds. The lowest BCUT2D eigenvalue weighted by molar-refractivity contribution is 0.343. The number of ether oxygens (including phenoxy) is 1. The zero-order valence-electron chi connectivity index (χ0n) is 10.8. The van der Waals surface area contributed by atoms with E-state index in [2.05, 4.69) is 16.3 Å². The molecule has 2 rings (SSSR count). The van der Waals surface area contributed by atoms with Gasteiger partial charge >= 0.3 is 0 Å². The Morgan fingerprint density at radius 1 is 1.37 bits per heavy atom. The number of aryl methyl sites for hydroxylation is 1. The summed E-state index contributed by atoms with van der Waals surface area (Å²) in [6, 6.07) is 9.33. The van der Waals surface area contributed by atoms with E-state index in [0.717, 1.165) is 16.7 Å². The lowest BCUT2D eigenvalue weighted by atomic mass is 10.2. The van der Waals surface area contributed by atoms with Crippen LogP contribution in [0.5, 0.6) is 5.75 Å². The summed E-state index contributed by atoms with van der Waals surface area (Å²) in [4.78, 5) is 0. The van der Waals surface area contributed by atoms with Crippen LogP contribution in [-0.2, 0) is 7.05 Å². The Morgan fingerprint density at radius 2 is 2.16 bits per heavy atom. The van der Waals surface area contributed by atoms with Crippen LogP contribution < -0.4 is 4.74 Å². The second kappa shape index (κ2) is 6.25. The van der Waals surface area contributed by atoms with Gasteiger partial charge in [0.2, 0.25) is 0 Å². The maximum absolute atomic E-state index is 8.94. The van der Waals surface area contributed by atoms with Gasteiger partial charge in [0.1, 0.15) is 17.6 Å². The van der Waals surface area contributed by atoms with Crippen LogP contribution in [-0.4, -0.2) is 27.1 Å². The second-order valence-electron chi connectivity index (χ2n) is 3.89. The Morgan fingerprint density at radius 3 is 2.84 bits per heavy atom.